The number of fused-ring (bicyclic) bond motifs is 3. The van der Waals surface area contributed by atoms with E-state index in [9.17, 15) is 18.4 Å². The van der Waals surface area contributed by atoms with Crippen LogP contribution < -0.4 is 9.47 Å². The molecule has 0 radical (unpaired) electrons. The maximum atomic E-state index is 14.2. The number of halogens is 2. The average Bonchev–Trinajstić information content (AvgIpc) is 3.15. The Kier molecular flexibility index (Phi) is 6.34. The van der Waals surface area contributed by atoms with Crippen molar-refractivity contribution in [2.75, 3.05) is 0 Å². The molecular formula is C31H24F2O4. The Hall–Kier alpha value is -4.32. The molecule has 0 amide bonds. The lowest BCUT2D eigenvalue weighted by Crippen LogP contribution is -2.11. The lowest BCUT2D eigenvalue weighted by Gasteiger charge is -2.13. The van der Waals surface area contributed by atoms with Gasteiger partial charge in [-0.1, -0.05) is 31.2 Å². The van der Waals surface area contributed by atoms with Crippen molar-refractivity contribution in [3.05, 3.63) is 118 Å². The summed E-state index contributed by atoms with van der Waals surface area (Å²) in [5, 5.41) is 0. The Morgan fingerprint density at radius 2 is 1.11 bits per heavy atom. The second-order valence-corrected chi connectivity index (χ2v) is 9.20. The lowest BCUT2D eigenvalue weighted by molar-refractivity contribution is 0.0720. The van der Waals surface area contributed by atoms with E-state index in [1.165, 1.54) is 24.3 Å². The molecule has 186 valence electrons. The van der Waals surface area contributed by atoms with E-state index in [0.29, 0.717) is 22.6 Å². The quantitative estimate of drug-likeness (QED) is 0.211. The van der Waals surface area contributed by atoms with Crippen molar-refractivity contribution in [3.8, 4) is 22.6 Å². The Balaban J connectivity index is 1.40. The SMILES string of the molecule is CCC1c2cc(OC(=O)c3ccc(C)cc3F)ccc2-c2ccc(OC(=O)c3ccc(C)cc3F)cc21. The first-order valence-corrected chi connectivity index (χ1v) is 12.0. The number of aryl methyl sites for hydroxylation is 2. The molecule has 4 aromatic rings. The summed E-state index contributed by atoms with van der Waals surface area (Å²) in [7, 11) is 0. The van der Waals surface area contributed by atoms with Crippen LogP contribution in [0.4, 0.5) is 8.78 Å². The van der Waals surface area contributed by atoms with Gasteiger partial charge >= 0.3 is 11.9 Å². The molecule has 0 saturated heterocycles. The second-order valence-electron chi connectivity index (χ2n) is 9.20. The number of hydrogen-bond donors (Lipinski definition) is 0. The highest BCUT2D eigenvalue weighted by Crippen LogP contribution is 2.48. The molecule has 0 atom stereocenters. The third-order valence-corrected chi connectivity index (χ3v) is 6.61. The van der Waals surface area contributed by atoms with Gasteiger partial charge in [0, 0.05) is 5.92 Å². The van der Waals surface area contributed by atoms with Crippen LogP contribution in [0.2, 0.25) is 0 Å². The third-order valence-electron chi connectivity index (χ3n) is 6.61. The highest BCUT2D eigenvalue weighted by atomic mass is 19.1. The maximum absolute atomic E-state index is 14.2. The fourth-order valence-corrected chi connectivity index (χ4v) is 4.78. The minimum Gasteiger partial charge on any atom is -0.423 e. The van der Waals surface area contributed by atoms with Crippen LogP contribution in [0.25, 0.3) is 11.1 Å². The van der Waals surface area contributed by atoms with Gasteiger partial charge in [-0.3, -0.25) is 0 Å². The molecule has 0 spiro atoms. The first-order chi connectivity index (χ1) is 17.7. The number of carbonyl (C=O) groups is 2. The molecular weight excluding hydrogens is 474 g/mol. The van der Waals surface area contributed by atoms with Gasteiger partial charge in [-0.2, -0.15) is 0 Å². The first-order valence-electron chi connectivity index (χ1n) is 12.0. The molecule has 1 aliphatic rings. The van der Waals surface area contributed by atoms with Crippen molar-refractivity contribution in [1.82, 2.24) is 0 Å². The highest BCUT2D eigenvalue weighted by Gasteiger charge is 2.29. The zero-order chi connectivity index (χ0) is 26.3. The number of hydrogen-bond acceptors (Lipinski definition) is 4. The predicted octanol–water partition coefficient (Wildman–Crippen LogP) is 7.54. The zero-order valence-corrected chi connectivity index (χ0v) is 20.6. The van der Waals surface area contributed by atoms with Gasteiger partial charge in [-0.15, -0.1) is 0 Å². The van der Waals surface area contributed by atoms with Crippen LogP contribution in [0.5, 0.6) is 11.5 Å². The van der Waals surface area contributed by atoms with E-state index < -0.39 is 23.6 Å². The van der Waals surface area contributed by atoms with E-state index in [1.807, 2.05) is 19.1 Å². The number of ether oxygens (including phenoxy) is 2. The van der Waals surface area contributed by atoms with Gasteiger partial charge in [-0.05, 0) is 102 Å². The molecule has 5 rings (SSSR count). The fraction of sp³-hybridized carbons (Fsp3) is 0.161. The van der Waals surface area contributed by atoms with Gasteiger partial charge in [0.2, 0.25) is 0 Å². The van der Waals surface area contributed by atoms with E-state index in [-0.39, 0.29) is 17.0 Å². The van der Waals surface area contributed by atoms with Gasteiger partial charge in [0.05, 0.1) is 11.1 Å². The molecule has 0 fully saturated rings. The average molecular weight is 499 g/mol. The first kappa shape index (κ1) is 24.4. The molecule has 0 saturated carbocycles. The van der Waals surface area contributed by atoms with Crippen LogP contribution in [-0.4, -0.2) is 11.9 Å². The monoisotopic (exact) mass is 498 g/mol. The van der Waals surface area contributed by atoms with Crippen LogP contribution in [0.1, 0.15) is 62.2 Å². The Bertz CT molecular complexity index is 1440. The number of carbonyl (C=O) groups excluding carboxylic acids is 2. The molecule has 1 aliphatic carbocycles. The molecule has 4 nitrogen and oxygen atoms in total. The summed E-state index contributed by atoms with van der Waals surface area (Å²) in [5.74, 6) is -2.19. The number of rotatable bonds is 5. The molecule has 6 heteroatoms. The number of esters is 2. The molecule has 0 unspecified atom stereocenters. The molecule has 0 bridgehead atoms. The van der Waals surface area contributed by atoms with E-state index in [4.69, 9.17) is 9.47 Å². The molecule has 0 aromatic heterocycles. The Morgan fingerprint density at radius 1 is 0.676 bits per heavy atom. The molecule has 37 heavy (non-hydrogen) atoms. The zero-order valence-electron chi connectivity index (χ0n) is 20.6. The van der Waals surface area contributed by atoms with Gasteiger partial charge in [0.1, 0.15) is 23.1 Å². The predicted molar refractivity (Wildman–Crippen MR) is 136 cm³/mol. The van der Waals surface area contributed by atoms with Gasteiger partial charge < -0.3 is 9.47 Å². The van der Waals surface area contributed by atoms with Crippen LogP contribution in [0.15, 0.2) is 72.8 Å². The normalized spacial score (nSPS) is 12.1. The molecule has 0 aliphatic heterocycles. The summed E-state index contributed by atoms with van der Waals surface area (Å²) in [5.41, 5.74) is 5.04. The summed E-state index contributed by atoms with van der Waals surface area (Å²) < 4.78 is 39.5. The molecule has 4 aromatic carbocycles. The standard InChI is InChI=1S/C31H24F2O4/c1-4-21-26-15-19(36-30(34)24-9-5-17(2)13-28(24)32)7-11-22(26)23-12-8-20(16-27(21)23)37-31(35)25-10-6-18(3)14-29(25)33/h5-16,21H,4H2,1-3H3. The third kappa shape index (κ3) is 4.62. The van der Waals surface area contributed by atoms with Gasteiger partial charge in [-0.25, -0.2) is 18.4 Å². The van der Waals surface area contributed by atoms with Crippen LogP contribution >= 0.6 is 0 Å². The Morgan fingerprint density at radius 3 is 1.49 bits per heavy atom. The van der Waals surface area contributed by atoms with Crippen molar-refractivity contribution in [3.63, 3.8) is 0 Å². The summed E-state index contributed by atoms with van der Waals surface area (Å²) in [6.45, 7) is 5.52. The molecule has 0 N–H and O–H groups in total. The largest absolute Gasteiger partial charge is 0.423 e. The number of benzene rings is 4. The maximum Gasteiger partial charge on any atom is 0.346 e. The summed E-state index contributed by atoms with van der Waals surface area (Å²) >= 11 is 0. The van der Waals surface area contributed by atoms with Crippen LogP contribution in [-0.2, 0) is 0 Å². The summed E-state index contributed by atoms with van der Waals surface area (Å²) in [6.07, 6.45) is 0.744. The summed E-state index contributed by atoms with van der Waals surface area (Å²) in [6, 6.07) is 19.4. The molecule has 0 heterocycles. The van der Waals surface area contributed by atoms with Crippen LogP contribution in [0.3, 0.4) is 0 Å². The van der Waals surface area contributed by atoms with Crippen molar-refractivity contribution >= 4 is 11.9 Å². The minimum atomic E-state index is -0.765. The van der Waals surface area contributed by atoms with Crippen molar-refractivity contribution in [2.24, 2.45) is 0 Å². The van der Waals surface area contributed by atoms with Gasteiger partial charge in [0.25, 0.3) is 0 Å². The second kappa shape index (κ2) is 9.62. The van der Waals surface area contributed by atoms with E-state index in [1.54, 1.807) is 50.2 Å². The fourth-order valence-electron chi connectivity index (χ4n) is 4.78. The smallest absolute Gasteiger partial charge is 0.346 e. The van der Waals surface area contributed by atoms with Crippen LogP contribution in [0, 0.1) is 25.5 Å². The topological polar surface area (TPSA) is 52.6 Å². The van der Waals surface area contributed by atoms with Crippen molar-refractivity contribution < 1.29 is 27.8 Å². The van der Waals surface area contributed by atoms with E-state index in [2.05, 4.69) is 0 Å². The van der Waals surface area contributed by atoms with E-state index in [0.717, 1.165) is 28.7 Å². The van der Waals surface area contributed by atoms with Gasteiger partial charge in [0.15, 0.2) is 0 Å². The minimum absolute atomic E-state index is 0.0328. The van der Waals surface area contributed by atoms with E-state index >= 15 is 0 Å². The van der Waals surface area contributed by atoms with Crippen molar-refractivity contribution in [1.29, 1.82) is 0 Å². The summed E-state index contributed by atoms with van der Waals surface area (Å²) in [4.78, 5) is 25.2. The highest BCUT2D eigenvalue weighted by molar-refractivity contribution is 5.92. The van der Waals surface area contributed by atoms with Crippen molar-refractivity contribution in [2.45, 2.75) is 33.1 Å². The Labute approximate surface area is 213 Å². The lowest BCUT2D eigenvalue weighted by atomic mass is 9.94.